The number of carboxylic acid groups (broad SMARTS) is 1. The Bertz CT molecular complexity index is 773. The van der Waals surface area contributed by atoms with E-state index in [4.69, 9.17) is 5.11 Å². The third-order valence-electron chi connectivity index (χ3n) is 2.15. The number of pyridine rings is 1. The highest BCUT2D eigenvalue weighted by Gasteiger charge is 2.21. The first-order chi connectivity index (χ1) is 9.29. The third kappa shape index (κ3) is 3.37. The van der Waals surface area contributed by atoms with Crippen molar-refractivity contribution in [2.75, 3.05) is 4.72 Å². The molecule has 0 saturated carbocycles. The van der Waals surface area contributed by atoms with Crippen molar-refractivity contribution in [3.05, 3.63) is 37.7 Å². The fraction of sp³-hybridized carbons (Fsp3) is 0. The van der Waals surface area contributed by atoms with Crippen molar-refractivity contribution >= 4 is 64.9 Å². The van der Waals surface area contributed by atoms with E-state index in [-0.39, 0.29) is 16.3 Å². The van der Waals surface area contributed by atoms with Gasteiger partial charge in [-0.25, -0.2) is 18.2 Å². The Labute approximate surface area is 135 Å². The highest BCUT2D eigenvalue weighted by molar-refractivity contribution is 9.12. The lowest BCUT2D eigenvalue weighted by molar-refractivity contribution is 0.0690. The van der Waals surface area contributed by atoms with Crippen LogP contribution in [-0.4, -0.2) is 24.5 Å². The van der Waals surface area contributed by atoms with Gasteiger partial charge in [0.1, 0.15) is 10.6 Å². The molecule has 2 aromatic heterocycles. The highest BCUT2D eigenvalue weighted by atomic mass is 79.9. The summed E-state index contributed by atoms with van der Waals surface area (Å²) in [7, 11) is -3.80. The van der Waals surface area contributed by atoms with Crippen LogP contribution in [0.25, 0.3) is 0 Å². The first-order valence-electron chi connectivity index (χ1n) is 4.96. The van der Waals surface area contributed by atoms with E-state index in [0.717, 1.165) is 6.07 Å². The minimum Gasteiger partial charge on any atom is -0.477 e. The third-order valence-corrected chi connectivity index (χ3v) is 6.28. The molecule has 0 bridgehead atoms. The number of nitrogens with zero attached hydrogens (tertiary/aromatic N) is 1. The number of carbonyl (C=O) groups is 1. The molecule has 0 aliphatic rings. The van der Waals surface area contributed by atoms with Crippen molar-refractivity contribution in [3.8, 4) is 0 Å². The van der Waals surface area contributed by atoms with Gasteiger partial charge in [0.05, 0.1) is 13.3 Å². The van der Waals surface area contributed by atoms with Crippen LogP contribution in [0.15, 0.2) is 36.9 Å². The fourth-order valence-corrected chi connectivity index (χ4v) is 6.19. The van der Waals surface area contributed by atoms with Crippen molar-refractivity contribution in [1.29, 1.82) is 0 Å². The number of thiophene rings is 1. The predicted molar refractivity (Wildman–Crippen MR) is 81.7 cm³/mol. The minimum absolute atomic E-state index is 0.0723. The van der Waals surface area contributed by atoms with E-state index in [2.05, 4.69) is 41.6 Å². The predicted octanol–water partition coefficient (Wildman–Crippen LogP) is 3.17. The van der Waals surface area contributed by atoms with Gasteiger partial charge in [0, 0.05) is 6.20 Å². The molecular weight excluding hydrogens is 436 g/mol. The quantitative estimate of drug-likeness (QED) is 0.759. The number of rotatable bonds is 4. The summed E-state index contributed by atoms with van der Waals surface area (Å²) < 4.78 is 27.8. The number of hydrogen-bond acceptors (Lipinski definition) is 5. The number of hydrogen-bond donors (Lipinski definition) is 2. The molecule has 0 atom stereocenters. The van der Waals surface area contributed by atoms with Crippen LogP contribution < -0.4 is 4.72 Å². The van der Waals surface area contributed by atoms with Gasteiger partial charge < -0.3 is 5.11 Å². The highest BCUT2D eigenvalue weighted by Crippen LogP contribution is 2.35. The number of carboxylic acids is 1. The lowest BCUT2D eigenvalue weighted by Crippen LogP contribution is -2.13. The molecule has 20 heavy (non-hydrogen) atoms. The zero-order chi connectivity index (χ0) is 14.9. The SMILES string of the molecule is O=C(O)c1cc(NS(=O)(=O)c2cc(Br)sc2Br)ccn1. The first kappa shape index (κ1) is 15.4. The van der Waals surface area contributed by atoms with Crippen LogP contribution in [0.5, 0.6) is 0 Å². The molecule has 2 rings (SSSR count). The normalized spacial score (nSPS) is 11.3. The summed E-state index contributed by atoms with van der Waals surface area (Å²) in [5.41, 5.74) is -0.109. The number of halogens is 2. The molecule has 0 spiro atoms. The van der Waals surface area contributed by atoms with Crippen LogP contribution in [-0.2, 0) is 10.0 Å². The van der Waals surface area contributed by atoms with Crippen LogP contribution in [0, 0.1) is 0 Å². The number of sulfonamides is 1. The van der Waals surface area contributed by atoms with E-state index < -0.39 is 16.0 Å². The first-order valence-corrected chi connectivity index (χ1v) is 8.85. The van der Waals surface area contributed by atoms with Gasteiger partial charge in [0.25, 0.3) is 10.0 Å². The Morgan fingerprint density at radius 2 is 2.05 bits per heavy atom. The van der Waals surface area contributed by atoms with Gasteiger partial charge in [0.15, 0.2) is 0 Å². The summed E-state index contributed by atoms with van der Waals surface area (Å²) in [5.74, 6) is -1.23. The second-order valence-electron chi connectivity index (χ2n) is 3.53. The molecule has 0 aliphatic carbocycles. The smallest absolute Gasteiger partial charge is 0.354 e. The Balaban J connectivity index is 2.36. The summed E-state index contributed by atoms with van der Waals surface area (Å²) in [4.78, 5) is 14.5. The summed E-state index contributed by atoms with van der Waals surface area (Å²) in [5, 5.41) is 8.82. The monoisotopic (exact) mass is 440 g/mol. The molecule has 6 nitrogen and oxygen atoms in total. The van der Waals surface area contributed by atoms with Crippen LogP contribution in [0.4, 0.5) is 5.69 Å². The minimum atomic E-state index is -3.80. The van der Waals surface area contributed by atoms with Crippen molar-refractivity contribution in [3.63, 3.8) is 0 Å². The molecule has 0 saturated heterocycles. The lowest BCUT2D eigenvalue weighted by Gasteiger charge is -2.07. The van der Waals surface area contributed by atoms with Crippen LogP contribution in [0.1, 0.15) is 10.5 Å². The molecule has 0 aliphatic heterocycles. The molecule has 106 valence electrons. The van der Waals surface area contributed by atoms with Crippen molar-refractivity contribution in [2.45, 2.75) is 4.90 Å². The van der Waals surface area contributed by atoms with Gasteiger partial charge in [-0.1, -0.05) is 0 Å². The van der Waals surface area contributed by atoms with Gasteiger partial charge >= 0.3 is 5.97 Å². The summed E-state index contributed by atoms with van der Waals surface area (Å²) in [6.45, 7) is 0. The van der Waals surface area contributed by atoms with E-state index in [9.17, 15) is 13.2 Å². The Hall–Kier alpha value is -0.970. The molecule has 10 heteroatoms. The van der Waals surface area contributed by atoms with Gasteiger partial charge in [-0.2, -0.15) is 0 Å². The largest absolute Gasteiger partial charge is 0.477 e. The van der Waals surface area contributed by atoms with Crippen molar-refractivity contribution in [1.82, 2.24) is 4.98 Å². The van der Waals surface area contributed by atoms with E-state index in [1.165, 1.54) is 29.7 Å². The number of aromatic nitrogens is 1. The number of anilines is 1. The zero-order valence-electron chi connectivity index (χ0n) is 9.50. The number of nitrogens with one attached hydrogen (secondary N) is 1. The molecule has 0 fully saturated rings. The van der Waals surface area contributed by atoms with E-state index >= 15 is 0 Å². The average molecular weight is 442 g/mol. The second-order valence-corrected chi connectivity index (χ2v) is 8.93. The Morgan fingerprint density at radius 1 is 1.35 bits per heavy atom. The molecule has 0 aromatic carbocycles. The zero-order valence-corrected chi connectivity index (χ0v) is 14.3. The Morgan fingerprint density at radius 3 is 2.60 bits per heavy atom. The fourth-order valence-electron chi connectivity index (χ4n) is 1.33. The molecule has 0 amide bonds. The summed E-state index contributed by atoms with van der Waals surface area (Å²) in [6.07, 6.45) is 1.22. The van der Waals surface area contributed by atoms with Gasteiger partial charge in [0.2, 0.25) is 0 Å². The van der Waals surface area contributed by atoms with E-state index in [1.807, 2.05) is 0 Å². The Kier molecular flexibility index (Phi) is 4.47. The van der Waals surface area contributed by atoms with E-state index in [1.54, 1.807) is 0 Å². The second kappa shape index (κ2) is 5.80. The lowest BCUT2D eigenvalue weighted by atomic mass is 10.3. The molecule has 2 heterocycles. The molecular formula is C10H6Br2N2O4S2. The van der Waals surface area contributed by atoms with Crippen LogP contribution >= 0.6 is 43.2 Å². The van der Waals surface area contributed by atoms with Gasteiger partial charge in [-0.3, -0.25) is 4.72 Å². The summed E-state index contributed by atoms with van der Waals surface area (Å²) in [6, 6.07) is 3.98. The van der Waals surface area contributed by atoms with Crippen molar-refractivity contribution in [2.24, 2.45) is 0 Å². The molecule has 0 unspecified atom stereocenters. The number of aromatic carboxylic acids is 1. The topological polar surface area (TPSA) is 96.4 Å². The average Bonchev–Trinajstić information content (AvgIpc) is 2.69. The molecule has 0 radical (unpaired) electrons. The molecule has 2 aromatic rings. The van der Waals surface area contributed by atoms with Gasteiger partial charge in [-0.15, -0.1) is 11.3 Å². The molecule has 2 N–H and O–H groups in total. The van der Waals surface area contributed by atoms with Crippen LogP contribution in [0.3, 0.4) is 0 Å². The summed E-state index contributed by atoms with van der Waals surface area (Å²) >= 11 is 7.59. The maximum absolute atomic E-state index is 12.2. The standard InChI is InChI=1S/C10H6Br2N2O4S2/c11-8-4-7(9(12)19-8)20(17,18)14-5-1-2-13-6(3-5)10(15)16/h1-4H,(H,13,14)(H,15,16). The van der Waals surface area contributed by atoms with E-state index in [0.29, 0.717) is 7.57 Å². The van der Waals surface area contributed by atoms with Crippen LogP contribution in [0.2, 0.25) is 0 Å². The maximum atomic E-state index is 12.2. The van der Waals surface area contributed by atoms with Crippen molar-refractivity contribution < 1.29 is 18.3 Å². The maximum Gasteiger partial charge on any atom is 0.354 e. The van der Waals surface area contributed by atoms with Gasteiger partial charge in [-0.05, 0) is 50.1 Å².